The molecule has 25 heavy (non-hydrogen) atoms. The number of hydrogen-bond donors (Lipinski definition) is 0. The molecular formula is C19H19N3O3. The summed E-state index contributed by atoms with van der Waals surface area (Å²) >= 11 is 0. The highest BCUT2D eigenvalue weighted by Crippen LogP contribution is 2.14. The standard InChI is InChI=1S/C19H19N3O3/c1-24-16-7-3-14(4-8-16)11-12-22-20-13-18(21-22)19(23)15-5-9-17(25-2)10-6-15/h3-10,13H,11-12H2,1-2H3. The fourth-order valence-electron chi connectivity index (χ4n) is 2.42. The summed E-state index contributed by atoms with van der Waals surface area (Å²) in [7, 11) is 3.23. The Kier molecular flexibility index (Phi) is 5.09. The summed E-state index contributed by atoms with van der Waals surface area (Å²) in [5, 5.41) is 8.46. The molecule has 0 amide bonds. The van der Waals surface area contributed by atoms with Crippen LogP contribution in [0.1, 0.15) is 21.6 Å². The molecule has 0 spiro atoms. The van der Waals surface area contributed by atoms with Crippen LogP contribution in [-0.2, 0) is 13.0 Å². The first-order valence-corrected chi connectivity index (χ1v) is 7.91. The number of aromatic nitrogens is 3. The highest BCUT2D eigenvalue weighted by molar-refractivity contribution is 6.07. The first-order chi connectivity index (χ1) is 12.2. The van der Waals surface area contributed by atoms with E-state index in [-0.39, 0.29) is 5.78 Å². The number of aryl methyl sites for hydroxylation is 2. The van der Waals surface area contributed by atoms with Crippen molar-refractivity contribution in [2.24, 2.45) is 0 Å². The summed E-state index contributed by atoms with van der Waals surface area (Å²) in [6.45, 7) is 0.599. The molecule has 3 aromatic rings. The van der Waals surface area contributed by atoms with Crippen molar-refractivity contribution in [1.29, 1.82) is 0 Å². The zero-order chi connectivity index (χ0) is 17.6. The minimum absolute atomic E-state index is 0.154. The van der Waals surface area contributed by atoms with E-state index in [2.05, 4.69) is 10.2 Å². The summed E-state index contributed by atoms with van der Waals surface area (Å²) in [5.41, 5.74) is 2.05. The molecule has 0 aliphatic carbocycles. The van der Waals surface area contributed by atoms with Crippen molar-refractivity contribution in [3.05, 3.63) is 71.5 Å². The molecule has 3 rings (SSSR count). The lowest BCUT2D eigenvalue weighted by Crippen LogP contribution is -2.08. The number of hydrogen-bond acceptors (Lipinski definition) is 5. The maximum Gasteiger partial charge on any atom is 0.214 e. The van der Waals surface area contributed by atoms with E-state index in [0.29, 0.717) is 23.6 Å². The third kappa shape index (κ3) is 4.03. The van der Waals surface area contributed by atoms with Crippen LogP contribution < -0.4 is 9.47 Å². The second-order valence-corrected chi connectivity index (χ2v) is 5.48. The van der Waals surface area contributed by atoms with E-state index in [9.17, 15) is 4.79 Å². The van der Waals surface area contributed by atoms with Gasteiger partial charge in [-0.15, -0.1) is 5.10 Å². The van der Waals surface area contributed by atoms with Gasteiger partial charge in [0.25, 0.3) is 0 Å². The summed E-state index contributed by atoms with van der Waals surface area (Å²) in [4.78, 5) is 14.0. The Morgan fingerprint density at radius 2 is 1.56 bits per heavy atom. The lowest BCUT2D eigenvalue weighted by molar-refractivity contribution is 0.103. The van der Waals surface area contributed by atoms with Crippen LogP contribution in [0.2, 0.25) is 0 Å². The van der Waals surface area contributed by atoms with Crippen LogP contribution in [0.4, 0.5) is 0 Å². The number of benzene rings is 2. The number of methoxy groups -OCH3 is 2. The highest BCUT2D eigenvalue weighted by atomic mass is 16.5. The SMILES string of the molecule is COc1ccc(CCn2ncc(C(=O)c3ccc(OC)cc3)n2)cc1. The van der Waals surface area contributed by atoms with Crippen LogP contribution in [-0.4, -0.2) is 35.0 Å². The normalized spacial score (nSPS) is 10.5. The van der Waals surface area contributed by atoms with E-state index in [1.165, 1.54) is 6.20 Å². The highest BCUT2D eigenvalue weighted by Gasteiger charge is 2.13. The maximum atomic E-state index is 12.4. The van der Waals surface area contributed by atoms with Crippen molar-refractivity contribution in [3.8, 4) is 11.5 Å². The van der Waals surface area contributed by atoms with Crippen LogP contribution in [0, 0.1) is 0 Å². The minimum atomic E-state index is -0.154. The number of ketones is 1. The van der Waals surface area contributed by atoms with E-state index >= 15 is 0 Å². The lowest BCUT2D eigenvalue weighted by atomic mass is 10.1. The summed E-state index contributed by atoms with van der Waals surface area (Å²) in [6, 6.07) is 14.8. The van der Waals surface area contributed by atoms with E-state index in [1.54, 1.807) is 43.3 Å². The molecule has 1 aromatic heterocycles. The topological polar surface area (TPSA) is 66.2 Å². The fraction of sp³-hybridized carbons (Fsp3) is 0.211. The van der Waals surface area contributed by atoms with Gasteiger partial charge in [0.05, 0.1) is 27.0 Å². The number of ether oxygens (including phenoxy) is 2. The summed E-state index contributed by atoms with van der Waals surface area (Å²) < 4.78 is 10.2. The number of carbonyl (C=O) groups is 1. The average Bonchev–Trinajstić information content (AvgIpc) is 3.15. The van der Waals surface area contributed by atoms with Gasteiger partial charge in [-0.1, -0.05) is 12.1 Å². The Morgan fingerprint density at radius 1 is 0.960 bits per heavy atom. The smallest absolute Gasteiger partial charge is 0.214 e. The maximum absolute atomic E-state index is 12.4. The van der Waals surface area contributed by atoms with Crippen molar-refractivity contribution >= 4 is 5.78 Å². The van der Waals surface area contributed by atoms with Gasteiger partial charge >= 0.3 is 0 Å². The zero-order valence-electron chi connectivity index (χ0n) is 14.2. The van der Waals surface area contributed by atoms with Crippen molar-refractivity contribution in [1.82, 2.24) is 15.0 Å². The molecule has 0 aliphatic heterocycles. The van der Waals surface area contributed by atoms with Crippen molar-refractivity contribution in [3.63, 3.8) is 0 Å². The van der Waals surface area contributed by atoms with E-state index in [1.807, 2.05) is 24.3 Å². The Labute approximate surface area is 146 Å². The van der Waals surface area contributed by atoms with Gasteiger partial charge < -0.3 is 9.47 Å². The molecule has 0 fully saturated rings. The lowest BCUT2D eigenvalue weighted by Gasteiger charge is -2.03. The van der Waals surface area contributed by atoms with Crippen molar-refractivity contribution in [2.75, 3.05) is 14.2 Å². The molecule has 128 valence electrons. The van der Waals surface area contributed by atoms with E-state index < -0.39 is 0 Å². The number of nitrogens with zero attached hydrogens (tertiary/aromatic N) is 3. The molecule has 0 aliphatic rings. The molecule has 0 saturated heterocycles. The third-order valence-electron chi connectivity index (χ3n) is 3.88. The largest absolute Gasteiger partial charge is 0.497 e. The van der Waals surface area contributed by atoms with Gasteiger partial charge in [-0.2, -0.15) is 9.90 Å². The number of carbonyl (C=O) groups excluding carboxylic acids is 1. The van der Waals surface area contributed by atoms with Gasteiger partial charge in [-0.3, -0.25) is 4.79 Å². The Hall–Kier alpha value is -3.15. The summed E-state index contributed by atoms with van der Waals surface area (Å²) in [5.74, 6) is 1.38. The fourth-order valence-corrected chi connectivity index (χ4v) is 2.42. The van der Waals surface area contributed by atoms with Gasteiger partial charge in [0.15, 0.2) is 5.69 Å². The van der Waals surface area contributed by atoms with Gasteiger partial charge in [0, 0.05) is 5.56 Å². The Balaban J connectivity index is 1.63. The van der Waals surface area contributed by atoms with Crippen LogP contribution in [0.3, 0.4) is 0 Å². The molecule has 0 atom stereocenters. The Morgan fingerprint density at radius 3 is 2.16 bits per heavy atom. The van der Waals surface area contributed by atoms with E-state index in [4.69, 9.17) is 9.47 Å². The van der Waals surface area contributed by atoms with Gasteiger partial charge in [-0.25, -0.2) is 0 Å². The first kappa shape index (κ1) is 16.7. The molecule has 2 aromatic carbocycles. The molecule has 0 N–H and O–H groups in total. The molecular weight excluding hydrogens is 318 g/mol. The molecule has 0 saturated carbocycles. The number of rotatable bonds is 7. The van der Waals surface area contributed by atoms with Crippen LogP contribution in [0.15, 0.2) is 54.7 Å². The molecule has 0 radical (unpaired) electrons. The molecule has 0 bridgehead atoms. The Bertz CT molecular complexity index is 839. The zero-order valence-corrected chi connectivity index (χ0v) is 14.2. The second kappa shape index (κ2) is 7.61. The molecule has 0 unspecified atom stereocenters. The molecule has 6 nitrogen and oxygen atoms in total. The van der Waals surface area contributed by atoms with Crippen molar-refractivity contribution < 1.29 is 14.3 Å². The average molecular weight is 337 g/mol. The minimum Gasteiger partial charge on any atom is -0.497 e. The van der Waals surface area contributed by atoms with E-state index in [0.717, 1.165) is 17.7 Å². The van der Waals surface area contributed by atoms with Gasteiger partial charge in [-0.05, 0) is 48.4 Å². The molecule has 6 heteroatoms. The van der Waals surface area contributed by atoms with Crippen molar-refractivity contribution in [2.45, 2.75) is 13.0 Å². The predicted molar refractivity (Wildman–Crippen MR) is 93.1 cm³/mol. The van der Waals surface area contributed by atoms with Gasteiger partial charge in [0.1, 0.15) is 11.5 Å². The van der Waals surface area contributed by atoms with Crippen LogP contribution >= 0.6 is 0 Å². The first-order valence-electron chi connectivity index (χ1n) is 7.91. The van der Waals surface area contributed by atoms with Crippen LogP contribution in [0.5, 0.6) is 11.5 Å². The summed E-state index contributed by atoms with van der Waals surface area (Å²) in [6.07, 6.45) is 2.27. The second-order valence-electron chi connectivity index (χ2n) is 5.48. The monoisotopic (exact) mass is 337 g/mol. The molecule has 1 heterocycles. The van der Waals surface area contributed by atoms with Crippen LogP contribution in [0.25, 0.3) is 0 Å². The predicted octanol–water partition coefficient (Wildman–Crippen LogP) is 2.77. The third-order valence-corrected chi connectivity index (χ3v) is 3.88. The van der Waals surface area contributed by atoms with Gasteiger partial charge in [0.2, 0.25) is 5.78 Å². The quantitative estimate of drug-likeness (QED) is 0.620.